The highest BCUT2D eigenvalue weighted by Crippen LogP contribution is 2.26. The fourth-order valence-electron chi connectivity index (χ4n) is 3.65. The molecule has 2 aromatic heterocycles. The number of pyridine rings is 1. The number of benzene rings is 1. The van der Waals surface area contributed by atoms with Gasteiger partial charge in [0.25, 0.3) is 0 Å². The van der Waals surface area contributed by atoms with Crippen LogP contribution in [0.3, 0.4) is 0 Å². The van der Waals surface area contributed by atoms with E-state index in [-0.39, 0.29) is 50.0 Å². The lowest BCUT2D eigenvalue weighted by molar-refractivity contribution is -0.274. The molecule has 3 aromatic rings. The normalized spacial score (nSPS) is 15.1. The predicted octanol–water partition coefficient (Wildman–Crippen LogP) is 1.98. The van der Waals surface area contributed by atoms with E-state index in [1.807, 2.05) is 0 Å². The Morgan fingerprint density at radius 2 is 1.83 bits per heavy atom. The summed E-state index contributed by atoms with van der Waals surface area (Å²) in [5, 5.41) is 10.5. The van der Waals surface area contributed by atoms with Crippen molar-refractivity contribution in [3.05, 3.63) is 64.3 Å². The number of nitrogens with zero attached hydrogens (tertiary/aromatic N) is 4. The van der Waals surface area contributed by atoms with E-state index in [2.05, 4.69) is 14.4 Å². The minimum atomic E-state index is -4.86. The Morgan fingerprint density at radius 1 is 1.17 bits per heavy atom. The van der Waals surface area contributed by atoms with Gasteiger partial charge >= 0.3 is 22.3 Å². The van der Waals surface area contributed by atoms with Gasteiger partial charge < -0.3 is 14.6 Å². The van der Waals surface area contributed by atoms with Crippen molar-refractivity contribution in [3.63, 3.8) is 0 Å². The van der Waals surface area contributed by atoms with Crippen molar-refractivity contribution < 1.29 is 36.2 Å². The van der Waals surface area contributed by atoms with E-state index >= 15 is 0 Å². The Hall–Kier alpha value is -3.56. The van der Waals surface area contributed by atoms with Gasteiger partial charge in [0.1, 0.15) is 11.6 Å². The summed E-state index contributed by atoms with van der Waals surface area (Å²) in [5.41, 5.74) is 0.188. The van der Waals surface area contributed by atoms with Crippen molar-refractivity contribution in [2.45, 2.75) is 19.8 Å². The van der Waals surface area contributed by atoms with E-state index in [1.165, 1.54) is 40.2 Å². The lowest BCUT2D eigenvalue weighted by Crippen LogP contribution is -2.43. The zero-order valence-corrected chi connectivity index (χ0v) is 19.7. The van der Waals surface area contributed by atoms with Crippen LogP contribution in [0, 0.1) is 6.92 Å². The van der Waals surface area contributed by atoms with Crippen molar-refractivity contribution in [2.24, 2.45) is 0 Å². The van der Waals surface area contributed by atoms with Crippen LogP contribution in [0.4, 0.5) is 19.0 Å². The number of aromatic hydroxyl groups is 1. The van der Waals surface area contributed by atoms with E-state index < -0.39 is 33.9 Å². The highest BCUT2D eigenvalue weighted by atomic mass is 32.2. The van der Waals surface area contributed by atoms with Crippen molar-refractivity contribution >= 4 is 16.0 Å². The molecule has 11 nitrogen and oxygen atoms in total. The summed E-state index contributed by atoms with van der Waals surface area (Å²) >= 11 is 0. The Labute approximate surface area is 203 Å². The third-order valence-corrected chi connectivity index (χ3v) is 6.91. The Balaban J connectivity index is 1.56. The van der Waals surface area contributed by atoms with E-state index in [1.54, 1.807) is 6.07 Å². The third-order valence-electron chi connectivity index (χ3n) is 5.40. The van der Waals surface area contributed by atoms with Crippen LogP contribution in [0.5, 0.6) is 11.6 Å². The minimum Gasteiger partial charge on any atom is -0.493 e. The van der Waals surface area contributed by atoms with E-state index in [0.29, 0.717) is 5.56 Å². The zero-order chi connectivity index (χ0) is 26.1. The van der Waals surface area contributed by atoms with Gasteiger partial charge in [-0.3, -0.25) is 9.29 Å². The number of alkyl halides is 3. The second kappa shape index (κ2) is 9.83. The number of anilines is 1. The molecule has 0 spiro atoms. The van der Waals surface area contributed by atoms with Crippen LogP contribution < -0.4 is 15.1 Å². The number of aromatic nitrogens is 3. The molecule has 1 aliphatic rings. The molecule has 0 amide bonds. The molecule has 1 aromatic carbocycles. The van der Waals surface area contributed by atoms with E-state index in [0.717, 1.165) is 16.7 Å². The summed E-state index contributed by atoms with van der Waals surface area (Å²) < 4.78 is 77.2. The first kappa shape index (κ1) is 25.5. The van der Waals surface area contributed by atoms with Crippen LogP contribution in [-0.4, -0.2) is 64.6 Å². The van der Waals surface area contributed by atoms with Gasteiger partial charge in [-0.05, 0) is 48.9 Å². The number of rotatable bonds is 7. The molecule has 194 valence electrons. The molecular formula is C21H22F3N5O6S. The Morgan fingerprint density at radius 3 is 2.47 bits per heavy atom. The number of imidazole rings is 1. The van der Waals surface area contributed by atoms with Crippen molar-refractivity contribution in [1.82, 2.24) is 18.4 Å². The molecule has 1 saturated heterocycles. The van der Waals surface area contributed by atoms with Crippen molar-refractivity contribution in [3.8, 4) is 17.3 Å². The maximum atomic E-state index is 13.1. The van der Waals surface area contributed by atoms with Crippen LogP contribution in [0.1, 0.15) is 11.3 Å². The molecule has 0 radical (unpaired) electrons. The molecule has 1 aliphatic heterocycles. The van der Waals surface area contributed by atoms with E-state index in [4.69, 9.17) is 4.74 Å². The number of morpholine rings is 1. The highest BCUT2D eigenvalue weighted by Gasteiger charge is 2.31. The monoisotopic (exact) mass is 529 g/mol. The molecule has 2 N–H and O–H groups in total. The molecule has 0 aliphatic carbocycles. The van der Waals surface area contributed by atoms with Gasteiger partial charge in [-0.2, -0.15) is 12.7 Å². The number of hydrogen-bond acceptors (Lipinski definition) is 7. The SMILES string of the molecule is Cc1c(O)n(-c2ccc(OC(F)(F)F)cc2)c(=O)n1Cc1ccnc(NS(=O)(=O)N2CCOCC2)c1. The first-order valence-electron chi connectivity index (χ1n) is 10.6. The molecular weight excluding hydrogens is 507 g/mol. The van der Waals surface area contributed by atoms with Crippen LogP contribution in [-0.2, 0) is 21.5 Å². The molecule has 0 saturated carbocycles. The third kappa shape index (κ3) is 5.63. The van der Waals surface area contributed by atoms with Crippen LogP contribution in [0.15, 0.2) is 47.4 Å². The fourth-order valence-corrected chi connectivity index (χ4v) is 4.78. The van der Waals surface area contributed by atoms with Crippen LogP contribution >= 0.6 is 0 Å². The van der Waals surface area contributed by atoms with Gasteiger partial charge in [0.15, 0.2) is 0 Å². The molecule has 0 atom stereocenters. The second-order valence-electron chi connectivity index (χ2n) is 7.82. The summed E-state index contributed by atoms with van der Waals surface area (Å²) in [5.74, 6) is -0.820. The molecule has 3 heterocycles. The summed E-state index contributed by atoms with van der Waals surface area (Å²) in [6, 6.07) is 7.50. The highest BCUT2D eigenvalue weighted by molar-refractivity contribution is 7.90. The molecule has 1 fully saturated rings. The summed E-state index contributed by atoms with van der Waals surface area (Å²) in [6.45, 7) is 2.45. The maximum absolute atomic E-state index is 13.1. The average molecular weight is 529 g/mol. The van der Waals surface area contributed by atoms with Crippen LogP contribution in [0.2, 0.25) is 0 Å². The second-order valence-corrected chi connectivity index (χ2v) is 9.49. The Kier molecular flexibility index (Phi) is 6.97. The Bertz CT molecular complexity index is 1400. The van der Waals surface area contributed by atoms with Gasteiger partial charge in [-0.1, -0.05) is 0 Å². The smallest absolute Gasteiger partial charge is 0.493 e. The average Bonchev–Trinajstić information content (AvgIpc) is 3.02. The minimum absolute atomic E-state index is 0.0324. The molecule has 0 bridgehead atoms. The van der Waals surface area contributed by atoms with E-state index in [9.17, 15) is 31.5 Å². The summed E-state index contributed by atoms with van der Waals surface area (Å²) in [6.07, 6.45) is -3.48. The topological polar surface area (TPSA) is 128 Å². The lowest BCUT2D eigenvalue weighted by atomic mass is 10.2. The van der Waals surface area contributed by atoms with Crippen molar-refractivity contribution in [1.29, 1.82) is 0 Å². The first-order valence-corrected chi connectivity index (χ1v) is 12.1. The number of ether oxygens (including phenoxy) is 2. The van der Waals surface area contributed by atoms with Gasteiger partial charge in [0.05, 0.1) is 31.1 Å². The fraction of sp³-hybridized carbons (Fsp3) is 0.333. The molecule has 36 heavy (non-hydrogen) atoms. The lowest BCUT2D eigenvalue weighted by Gasteiger charge is -2.26. The zero-order valence-electron chi connectivity index (χ0n) is 18.9. The quantitative estimate of drug-likeness (QED) is 0.479. The van der Waals surface area contributed by atoms with Gasteiger partial charge in [-0.15, -0.1) is 13.2 Å². The molecule has 0 unspecified atom stereocenters. The van der Waals surface area contributed by atoms with Gasteiger partial charge in [0, 0.05) is 19.3 Å². The standard InChI is InChI=1S/C21H22F3N5O6S/c1-14-19(30)29(16-2-4-17(5-3-16)35-21(22,23)24)20(31)28(14)13-15-6-7-25-18(12-15)26-36(32,33)27-8-10-34-11-9-27/h2-7,12,30H,8-11,13H2,1H3,(H,25,26). The predicted molar refractivity (Wildman–Crippen MR) is 121 cm³/mol. The van der Waals surface area contributed by atoms with Gasteiger partial charge in [-0.25, -0.2) is 14.3 Å². The van der Waals surface area contributed by atoms with Crippen LogP contribution in [0.25, 0.3) is 5.69 Å². The molecule has 4 rings (SSSR count). The number of hydrogen-bond donors (Lipinski definition) is 2. The molecule has 15 heteroatoms. The first-order chi connectivity index (χ1) is 16.9. The summed E-state index contributed by atoms with van der Waals surface area (Å²) in [7, 11) is -3.85. The largest absolute Gasteiger partial charge is 0.573 e. The van der Waals surface area contributed by atoms with Gasteiger partial charge in [0.2, 0.25) is 5.88 Å². The number of nitrogens with one attached hydrogen (secondary N) is 1. The summed E-state index contributed by atoms with van der Waals surface area (Å²) in [4.78, 5) is 17.1. The van der Waals surface area contributed by atoms with Crippen molar-refractivity contribution in [2.75, 3.05) is 31.0 Å². The maximum Gasteiger partial charge on any atom is 0.573 e. The number of halogens is 3.